The molecule has 7 nitrogen and oxygen atoms in total. The summed E-state index contributed by atoms with van der Waals surface area (Å²) < 4.78 is 27.1. The van der Waals surface area contributed by atoms with Gasteiger partial charge in [0.1, 0.15) is 0 Å². The highest BCUT2D eigenvalue weighted by Crippen LogP contribution is 2.12. The number of rotatable bonds is 10. The minimum Gasteiger partial charge on any atom is -0.352 e. The number of nitrogens with one attached hydrogen (secondary N) is 2. The van der Waals surface area contributed by atoms with Crippen molar-refractivity contribution in [2.75, 3.05) is 46.3 Å². The summed E-state index contributed by atoms with van der Waals surface area (Å²) in [6.07, 6.45) is 2.71. The van der Waals surface area contributed by atoms with Gasteiger partial charge in [-0.05, 0) is 64.0 Å². The number of nitrogens with zero attached hydrogens (tertiary/aromatic N) is 2. The maximum Gasteiger partial charge on any atom is 0.251 e. The van der Waals surface area contributed by atoms with E-state index in [2.05, 4.69) is 26.9 Å². The fourth-order valence-electron chi connectivity index (χ4n) is 3.04. The Morgan fingerprint density at radius 2 is 1.75 bits per heavy atom. The molecular weight excluding hydrogens is 376 g/mol. The van der Waals surface area contributed by atoms with Crippen molar-refractivity contribution in [1.29, 1.82) is 0 Å². The summed E-state index contributed by atoms with van der Waals surface area (Å²) in [6, 6.07) is 5.95. The summed E-state index contributed by atoms with van der Waals surface area (Å²) in [6.45, 7) is 9.91. The van der Waals surface area contributed by atoms with E-state index in [1.54, 1.807) is 12.1 Å². The van der Waals surface area contributed by atoms with Crippen molar-refractivity contribution < 1.29 is 13.2 Å². The maximum atomic E-state index is 12.3. The van der Waals surface area contributed by atoms with E-state index < -0.39 is 10.0 Å². The molecule has 0 radical (unpaired) electrons. The third-order valence-electron chi connectivity index (χ3n) is 5.18. The normalized spacial score (nSPS) is 17.4. The van der Waals surface area contributed by atoms with Gasteiger partial charge in [0.05, 0.1) is 4.90 Å². The van der Waals surface area contributed by atoms with Crippen molar-refractivity contribution in [3.8, 4) is 0 Å². The zero-order valence-corrected chi connectivity index (χ0v) is 18.1. The Morgan fingerprint density at radius 3 is 2.36 bits per heavy atom. The van der Waals surface area contributed by atoms with Crippen LogP contribution in [-0.2, 0) is 10.0 Å². The van der Waals surface area contributed by atoms with Crippen LogP contribution in [0.5, 0.6) is 0 Å². The quantitative estimate of drug-likeness (QED) is 0.572. The van der Waals surface area contributed by atoms with Crippen molar-refractivity contribution in [2.45, 2.75) is 44.0 Å². The van der Waals surface area contributed by atoms with Crippen molar-refractivity contribution in [3.05, 3.63) is 29.8 Å². The van der Waals surface area contributed by atoms with Crippen LogP contribution in [0.2, 0.25) is 0 Å². The predicted molar refractivity (Wildman–Crippen MR) is 112 cm³/mol. The smallest absolute Gasteiger partial charge is 0.251 e. The van der Waals surface area contributed by atoms with E-state index in [1.165, 1.54) is 12.1 Å². The van der Waals surface area contributed by atoms with Gasteiger partial charge in [0.2, 0.25) is 10.0 Å². The fourth-order valence-corrected chi connectivity index (χ4v) is 4.36. The summed E-state index contributed by atoms with van der Waals surface area (Å²) >= 11 is 0. The largest absolute Gasteiger partial charge is 0.352 e. The Labute approximate surface area is 169 Å². The van der Waals surface area contributed by atoms with E-state index in [-0.39, 0.29) is 16.8 Å². The Balaban J connectivity index is 1.72. The van der Waals surface area contributed by atoms with E-state index >= 15 is 0 Å². The zero-order chi connectivity index (χ0) is 20.6. The van der Waals surface area contributed by atoms with Crippen molar-refractivity contribution >= 4 is 15.9 Å². The van der Waals surface area contributed by atoms with Crippen LogP contribution in [0.3, 0.4) is 0 Å². The number of carbonyl (C=O) groups excluding carboxylic acids is 1. The number of carbonyl (C=O) groups is 1. The van der Waals surface area contributed by atoms with E-state index in [4.69, 9.17) is 0 Å². The van der Waals surface area contributed by atoms with Gasteiger partial charge in [-0.1, -0.05) is 6.92 Å². The molecule has 28 heavy (non-hydrogen) atoms. The second-order valence-electron chi connectivity index (χ2n) is 7.56. The maximum absolute atomic E-state index is 12.3. The summed E-state index contributed by atoms with van der Waals surface area (Å²) in [5.41, 5.74) is 0.474. The molecule has 8 heteroatoms. The van der Waals surface area contributed by atoms with Gasteiger partial charge in [-0.3, -0.25) is 4.79 Å². The molecular formula is C20H34N4O3S. The summed E-state index contributed by atoms with van der Waals surface area (Å²) in [4.78, 5) is 17.2. The highest BCUT2D eigenvalue weighted by molar-refractivity contribution is 7.89. The number of piperazine rings is 1. The summed E-state index contributed by atoms with van der Waals surface area (Å²) in [7, 11) is -1.39. The molecule has 2 N–H and O–H groups in total. The molecule has 1 aromatic rings. The number of sulfonamides is 1. The van der Waals surface area contributed by atoms with E-state index in [1.807, 2.05) is 13.8 Å². The molecule has 1 aliphatic heterocycles. The molecule has 1 saturated heterocycles. The van der Waals surface area contributed by atoms with Crippen LogP contribution in [-0.4, -0.2) is 76.5 Å². The van der Waals surface area contributed by atoms with E-state index in [9.17, 15) is 13.2 Å². The molecule has 2 rings (SSSR count). The summed E-state index contributed by atoms with van der Waals surface area (Å²) in [5.74, 6) is -0.168. The lowest BCUT2D eigenvalue weighted by molar-refractivity contribution is 0.0951. The Kier molecular flexibility index (Phi) is 8.88. The van der Waals surface area contributed by atoms with Crippen LogP contribution < -0.4 is 10.0 Å². The number of hydrogen-bond acceptors (Lipinski definition) is 5. The summed E-state index contributed by atoms with van der Waals surface area (Å²) in [5, 5.41) is 2.91. The lowest BCUT2D eigenvalue weighted by Gasteiger charge is -2.32. The molecule has 0 aliphatic carbocycles. The van der Waals surface area contributed by atoms with Gasteiger partial charge in [-0.2, -0.15) is 0 Å². The van der Waals surface area contributed by atoms with Crippen molar-refractivity contribution in [1.82, 2.24) is 19.8 Å². The number of benzene rings is 1. The third-order valence-corrected chi connectivity index (χ3v) is 6.78. The molecule has 1 unspecified atom stereocenters. The SMILES string of the molecule is CCC(C)NS(=O)(=O)c1ccc(C(=O)NCCCCN2CCN(C)CC2)cc1. The molecule has 1 amide bonds. The first-order chi connectivity index (χ1) is 13.3. The molecule has 0 aromatic heterocycles. The van der Waals surface area contributed by atoms with Crippen LogP contribution in [0.25, 0.3) is 0 Å². The minimum atomic E-state index is -3.54. The average molecular weight is 411 g/mol. The number of unbranched alkanes of at least 4 members (excludes halogenated alkanes) is 1. The topological polar surface area (TPSA) is 81.7 Å². The molecule has 158 valence electrons. The van der Waals surface area contributed by atoms with Gasteiger partial charge < -0.3 is 15.1 Å². The predicted octanol–water partition coefficient (Wildman–Crippen LogP) is 1.52. The van der Waals surface area contributed by atoms with E-state index in [0.29, 0.717) is 18.5 Å². The molecule has 1 aromatic carbocycles. The minimum absolute atomic E-state index is 0.126. The monoisotopic (exact) mass is 410 g/mol. The fraction of sp³-hybridized carbons (Fsp3) is 0.650. The van der Waals surface area contributed by atoms with Crippen molar-refractivity contribution in [2.24, 2.45) is 0 Å². The average Bonchev–Trinajstić information content (AvgIpc) is 2.68. The second kappa shape index (κ2) is 10.9. The molecule has 0 bridgehead atoms. The molecule has 1 fully saturated rings. The van der Waals surface area contributed by atoms with Crippen LogP contribution in [0.4, 0.5) is 0 Å². The van der Waals surface area contributed by atoms with Crippen molar-refractivity contribution in [3.63, 3.8) is 0 Å². The van der Waals surface area contributed by atoms with Gasteiger partial charge in [0.25, 0.3) is 5.91 Å². The molecule has 1 heterocycles. The van der Waals surface area contributed by atoms with Crippen LogP contribution in [0.1, 0.15) is 43.5 Å². The molecule has 0 saturated carbocycles. The standard InChI is InChI=1S/C20H34N4O3S/c1-4-17(2)22-28(26,27)19-9-7-18(8-10-19)20(25)21-11-5-6-12-24-15-13-23(3)14-16-24/h7-10,17,22H,4-6,11-16H2,1-3H3,(H,21,25). The first kappa shape index (κ1) is 22.8. The van der Waals surface area contributed by atoms with Crippen LogP contribution >= 0.6 is 0 Å². The first-order valence-electron chi connectivity index (χ1n) is 10.1. The van der Waals surface area contributed by atoms with Crippen LogP contribution in [0, 0.1) is 0 Å². The lowest BCUT2D eigenvalue weighted by atomic mass is 10.2. The molecule has 1 atom stereocenters. The van der Waals surface area contributed by atoms with Crippen LogP contribution in [0.15, 0.2) is 29.2 Å². The van der Waals surface area contributed by atoms with Gasteiger partial charge in [-0.25, -0.2) is 13.1 Å². The third kappa shape index (κ3) is 7.16. The highest BCUT2D eigenvalue weighted by Gasteiger charge is 2.17. The number of hydrogen-bond donors (Lipinski definition) is 2. The lowest BCUT2D eigenvalue weighted by Crippen LogP contribution is -2.44. The number of amides is 1. The Morgan fingerprint density at radius 1 is 1.11 bits per heavy atom. The molecule has 0 spiro atoms. The zero-order valence-electron chi connectivity index (χ0n) is 17.3. The van der Waals surface area contributed by atoms with Gasteiger partial charge in [0, 0.05) is 44.3 Å². The Bertz CT molecular complexity index is 713. The highest BCUT2D eigenvalue weighted by atomic mass is 32.2. The Hall–Kier alpha value is -1.48. The van der Waals surface area contributed by atoms with E-state index in [0.717, 1.165) is 45.6 Å². The van der Waals surface area contributed by atoms with Gasteiger partial charge in [-0.15, -0.1) is 0 Å². The molecule has 1 aliphatic rings. The number of likely N-dealkylation sites (N-methyl/N-ethyl adjacent to an activating group) is 1. The first-order valence-corrected chi connectivity index (χ1v) is 11.6. The second-order valence-corrected chi connectivity index (χ2v) is 9.28. The van der Waals surface area contributed by atoms with Gasteiger partial charge in [0.15, 0.2) is 0 Å². The van der Waals surface area contributed by atoms with Gasteiger partial charge >= 0.3 is 0 Å².